The van der Waals surface area contributed by atoms with Crippen LogP contribution >= 0.6 is 0 Å². The number of nitrogen functional groups attached to an aromatic ring is 1. The summed E-state index contributed by atoms with van der Waals surface area (Å²) >= 11 is 0. The van der Waals surface area contributed by atoms with Crippen molar-refractivity contribution in [1.82, 2.24) is 4.90 Å². The molecule has 0 amide bonds. The molecule has 4 heteroatoms. The molecule has 0 aromatic heterocycles. The van der Waals surface area contributed by atoms with E-state index in [1.54, 1.807) is 0 Å². The molecule has 1 fully saturated rings. The zero-order chi connectivity index (χ0) is 13.9. The van der Waals surface area contributed by atoms with Crippen molar-refractivity contribution in [3.8, 4) is 5.75 Å². The predicted octanol–water partition coefficient (Wildman–Crippen LogP) is 2.34. The van der Waals surface area contributed by atoms with Gasteiger partial charge in [0.2, 0.25) is 0 Å². The minimum atomic E-state index is 0.227. The van der Waals surface area contributed by atoms with Gasteiger partial charge in [-0.25, -0.2) is 0 Å². The minimum Gasteiger partial charge on any atom is -0.487 e. The summed E-state index contributed by atoms with van der Waals surface area (Å²) in [5.41, 5.74) is 7.82. The van der Waals surface area contributed by atoms with E-state index in [9.17, 15) is 0 Å². The van der Waals surface area contributed by atoms with Crippen LogP contribution in [0, 0.1) is 0 Å². The maximum Gasteiger partial charge on any atom is 0.145 e. The van der Waals surface area contributed by atoms with Crippen LogP contribution in [0.4, 0.5) is 11.4 Å². The molecule has 1 atom stereocenters. The molecule has 1 aromatic rings. The van der Waals surface area contributed by atoms with Crippen molar-refractivity contribution in [2.24, 2.45) is 0 Å². The molecule has 110 valence electrons. The predicted molar refractivity (Wildman–Crippen MR) is 83.4 cm³/mol. The van der Waals surface area contributed by atoms with E-state index in [1.165, 1.54) is 38.0 Å². The van der Waals surface area contributed by atoms with E-state index in [-0.39, 0.29) is 6.10 Å². The smallest absolute Gasteiger partial charge is 0.145 e. The first kappa shape index (κ1) is 13.6. The molecule has 1 unspecified atom stereocenters. The van der Waals surface area contributed by atoms with Crippen molar-refractivity contribution in [3.05, 3.63) is 18.2 Å². The summed E-state index contributed by atoms with van der Waals surface area (Å²) in [5.74, 6) is 0.933. The van der Waals surface area contributed by atoms with Crippen LogP contribution in [0.1, 0.15) is 26.2 Å². The van der Waals surface area contributed by atoms with E-state index in [4.69, 9.17) is 10.5 Å². The average molecular weight is 275 g/mol. The van der Waals surface area contributed by atoms with Gasteiger partial charge in [-0.1, -0.05) is 6.42 Å². The van der Waals surface area contributed by atoms with Gasteiger partial charge in [0.15, 0.2) is 0 Å². The maximum atomic E-state index is 5.90. The van der Waals surface area contributed by atoms with Crippen LogP contribution in [0.3, 0.4) is 0 Å². The SMILES string of the molecule is CC1CN(CCN2CCCCC2)c2ccc(N)cc2O1. The van der Waals surface area contributed by atoms with E-state index < -0.39 is 0 Å². The molecule has 2 aliphatic rings. The molecule has 0 bridgehead atoms. The lowest BCUT2D eigenvalue weighted by molar-refractivity contribution is 0.202. The minimum absolute atomic E-state index is 0.227. The second kappa shape index (κ2) is 5.92. The van der Waals surface area contributed by atoms with Crippen molar-refractivity contribution in [1.29, 1.82) is 0 Å². The summed E-state index contributed by atoms with van der Waals surface area (Å²) in [6, 6.07) is 6.00. The van der Waals surface area contributed by atoms with Gasteiger partial charge in [0.25, 0.3) is 0 Å². The molecule has 4 nitrogen and oxygen atoms in total. The Kier molecular flexibility index (Phi) is 4.01. The summed E-state index contributed by atoms with van der Waals surface area (Å²) in [6.45, 7) is 7.83. The summed E-state index contributed by atoms with van der Waals surface area (Å²) in [5, 5.41) is 0. The number of ether oxygens (including phenoxy) is 1. The van der Waals surface area contributed by atoms with E-state index in [1.807, 2.05) is 12.1 Å². The lowest BCUT2D eigenvalue weighted by atomic mass is 10.1. The molecule has 20 heavy (non-hydrogen) atoms. The lowest BCUT2D eigenvalue weighted by Crippen LogP contribution is -2.43. The first-order valence-corrected chi connectivity index (χ1v) is 7.76. The second-order valence-electron chi connectivity index (χ2n) is 6.00. The fourth-order valence-corrected chi connectivity index (χ4v) is 3.21. The molecule has 1 aromatic carbocycles. The Morgan fingerprint density at radius 2 is 2.00 bits per heavy atom. The summed E-state index contributed by atoms with van der Waals surface area (Å²) in [7, 11) is 0. The van der Waals surface area contributed by atoms with Crippen molar-refractivity contribution in [2.75, 3.05) is 43.4 Å². The summed E-state index contributed by atoms with van der Waals surface area (Å²) in [6.07, 6.45) is 4.33. The van der Waals surface area contributed by atoms with Gasteiger partial charge in [0.05, 0.1) is 12.2 Å². The quantitative estimate of drug-likeness (QED) is 0.860. The number of hydrogen-bond acceptors (Lipinski definition) is 4. The summed E-state index contributed by atoms with van der Waals surface area (Å²) in [4.78, 5) is 5.03. The molecular weight excluding hydrogens is 250 g/mol. The molecule has 2 N–H and O–H groups in total. The van der Waals surface area contributed by atoms with Crippen LogP contribution < -0.4 is 15.4 Å². The van der Waals surface area contributed by atoms with Crippen molar-refractivity contribution < 1.29 is 4.74 Å². The van der Waals surface area contributed by atoms with Gasteiger partial charge in [-0.15, -0.1) is 0 Å². The van der Waals surface area contributed by atoms with Crippen LogP contribution in [0.2, 0.25) is 0 Å². The number of hydrogen-bond donors (Lipinski definition) is 1. The third-order valence-corrected chi connectivity index (χ3v) is 4.27. The molecule has 2 heterocycles. The third-order valence-electron chi connectivity index (χ3n) is 4.27. The molecule has 0 radical (unpaired) electrons. The van der Waals surface area contributed by atoms with Crippen LogP contribution in [0.25, 0.3) is 0 Å². The number of piperidine rings is 1. The number of anilines is 2. The Morgan fingerprint density at radius 1 is 1.20 bits per heavy atom. The Labute approximate surface area is 121 Å². The highest BCUT2D eigenvalue weighted by Crippen LogP contribution is 2.34. The molecule has 0 aliphatic carbocycles. The van der Waals surface area contributed by atoms with Crippen molar-refractivity contribution in [3.63, 3.8) is 0 Å². The van der Waals surface area contributed by atoms with Crippen molar-refractivity contribution >= 4 is 11.4 Å². The number of nitrogens with two attached hydrogens (primary N) is 1. The number of fused-ring (bicyclic) bond motifs is 1. The maximum absolute atomic E-state index is 5.90. The Hall–Kier alpha value is -1.42. The number of rotatable bonds is 3. The van der Waals surface area contributed by atoms with Crippen LogP contribution in [0.15, 0.2) is 18.2 Å². The monoisotopic (exact) mass is 275 g/mol. The molecule has 1 saturated heterocycles. The highest BCUT2D eigenvalue weighted by Gasteiger charge is 2.23. The van der Waals surface area contributed by atoms with Crippen LogP contribution in [0.5, 0.6) is 5.75 Å². The van der Waals surface area contributed by atoms with Gasteiger partial charge in [0.1, 0.15) is 11.9 Å². The number of likely N-dealkylation sites (tertiary alicyclic amines) is 1. The highest BCUT2D eigenvalue weighted by molar-refractivity contribution is 5.65. The van der Waals surface area contributed by atoms with Gasteiger partial charge in [0, 0.05) is 24.8 Å². The van der Waals surface area contributed by atoms with E-state index in [0.717, 1.165) is 31.1 Å². The Bertz CT molecular complexity index is 457. The van der Waals surface area contributed by atoms with E-state index >= 15 is 0 Å². The highest BCUT2D eigenvalue weighted by atomic mass is 16.5. The first-order chi connectivity index (χ1) is 9.72. The van der Waals surface area contributed by atoms with Crippen molar-refractivity contribution in [2.45, 2.75) is 32.3 Å². The number of benzene rings is 1. The van der Waals surface area contributed by atoms with Gasteiger partial charge < -0.3 is 20.3 Å². The van der Waals surface area contributed by atoms with E-state index in [2.05, 4.69) is 22.8 Å². The second-order valence-corrected chi connectivity index (χ2v) is 6.00. The summed E-state index contributed by atoms with van der Waals surface area (Å²) < 4.78 is 5.90. The normalized spacial score (nSPS) is 23.2. The van der Waals surface area contributed by atoms with Crippen LogP contribution in [-0.2, 0) is 0 Å². The molecule has 3 rings (SSSR count). The lowest BCUT2D eigenvalue weighted by Gasteiger charge is -2.37. The fraction of sp³-hybridized carbons (Fsp3) is 0.625. The Morgan fingerprint density at radius 3 is 2.80 bits per heavy atom. The molecular formula is C16H25N3O. The van der Waals surface area contributed by atoms with Gasteiger partial charge in [-0.3, -0.25) is 0 Å². The third kappa shape index (κ3) is 3.01. The van der Waals surface area contributed by atoms with Gasteiger partial charge in [-0.2, -0.15) is 0 Å². The van der Waals surface area contributed by atoms with Gasteiger partial charge in [-0.05, 0) is 45.0 Å². The topological polar surface area (TPSA) is 41.7 Å². The molecule has 0 spiro atoms. The zero-order valence-electron chi connectivity index (χ0n) is 12.3. The Balaban J connectivity index is 1.67. The standard InChI is InChI=1S/C16H25N3O/c1-13-12-19(10-9-18-7-3-2-4-8-18)15-6-5-14(17)11-16(15)20-13/h5-6,11,13H,2-4,7-10,12,17H2,1H3. The van der Waals surface area contributed by atoms with E-state index in [0.29, 0.717) is 0 Å². The largest absolute Gasteiger partial charge is 0.487 e. The zero-order valence-corrected chi connectivity index (χ0v) is 12.3. The molecule has 0 saturated carbocycles. The first-order valence-electron chi connectivity index (χ1n) is 7.76. The fourth-order valence-electron chi connectivity index (χ4n) is 3.21. The number of nitrogens with zero attached hydrogens (tertiary/aromatic N) is 2. The average Bonchev–Trinajstić information content (AvgIpc) is 2.45. The van der Waals surface area contributed by atoms with Crippen LogP contribution in [-0.4, -0.2) is 43.7 Å². The molecule has 2 aliphatic heterocycles. The van der Waals surface area contributed by atoms with Gasteiger partial charge >= 0.3 is 0 Å².